The number of halogens is 1. The topological polar surface area (TPSA) is 92.4 Å². The average Bonchev–Trinajstić information content (AvgIpc) is 3.40. The molecule has 4 aromatic heterocycles. The largest absolute Gasteiger partial charge is 0.370 e. The number of nitrogens with zero attached hydrogens (tertiary/aromatic N) is 6. The Kier molecular flexibility index (Phi) is 4.98. The summed E-state index contributed by atoms with van der Waals surface area (Å²) in [6.45, 7) is 3.66. The molecular weight excluding hydrogens is 435 g/mol. The van der Waals surface area contributed by atoms with Crippen LogP contribution >= 0.6 is 0 Å². The van der Waals surface area contributed by atoms with Gasteiger partial charge in [0.05, 0.1) is 23.3 Å². The highest BCUT2D eigenvalue weighted by Gasteiger charge is 2.28. The van der Waals surface area contributed by atoms with Crippen molar-refractivity contribution in [2.45, 2.75) is 44.7 Å². The number of nitrogens with one attached hydrogen (secondary N) is 2. The number of aromatic nitrogens is 5. The first kappa shape index (κ1) is 21.0. The first-order valence-electron chi connectivity index (χ1n) is 11.7. The standard InChI is InChI=1S/C24H27FN8O/c1-14-11-33-12-17(9-19(25)23(33)27-14)29-24(34)22-21-18(13-31(2)30-21)20(10-26-22)32-7-5-16(6-8-32)28-15-3-4-15/h9-13,15-16,28H,3-8H2,1-2H3,(H,29,34). The van der Waals surface area contributed by atoms with Crippen molar-refractivity contribution in [2.75, 3.05) is 23.3 Å². The minimum absolute atomic E-state index is 0.215. The van der Waals surface area contributed by atoms with E-state index in [0.717, 1.165) is 37.0 Å². The van der Waals surface area contributed by atoms with E-state index in [-0.39, 0.29) is 11.3 Å². The second-order valence-corrected chi connectivity index (χ2v) is 9.40. The van der Waals surface area contributed by atoms with E-state index in [0.29, 0.717) is 29.0 Å². The number of hydrogen-bond donors (Lipinski definition) is 2. The Balaban J connectivity index is 1.26. The molecule has 4 aromatic rings. The molecule has 0 atom stereocenters. The van der Waals surface area contributed by atoms with Gasteiger partial charge in [0, 0.05) is 62.3 Å². The maximum Gasteiger partial charge on any atom is 0.276 e. The molecule has 1 saturated carbocycles. The Morgan fingerprint density at radius 3 is 2.65 bits per heavy atom. The molecule has 0 bridgehead atoms. The molecule has 5 heterocycles. The van der Waals surface area contributed by atoms with E-state index in [1.165, 1.54) is 18.9 Å². The van der Waals surface area contributed by atoms with Gasteiger partial charge in [-0.05, 0) is 32.6 Å². The van der Waals surface area contributed by atoms with E-state index in [1.807, 2.05) is 13.2 Å². The Bertz CT molecular complexity index is 1400. The van der Waals surface area contributed by atoms with Crippen molar-refractivity contribution in [1.82, 2.24) is 29.5 Å². The Morgan fingerprint density at radius 1 is 1.12 bits per heavy atom. The summed E-state index contributed by atoms with van der Waals surface area (Å²) in [4.78, 5) is 24.1. The van der Waals surface area contributed by atoms with E-state index in [4.69, 9.17) is 0 Å². The number of imidazole rings is 1. The second kappa shape index (κ2) is 8.05. The lowest BCUT2D eigenvalue weighted by Crippen LogP contribution is -2.43. The molecule has 1 aliphatic heterocycles. The fourth-order valence-electron chi connectivity index (χ4n) is 4.83. The molecule has 9 nitrogen and oxygen atoms in total. The summed E-state index contributed by atoms with van der Waals surface area (Å²) in [5, 5.41) is 11.9. The molecule has 34 heavy (non-hydrogen) atoms. The van der Waals surface area contributed by atoms with Gasteiger partial charge in [0.1, 0.15) is 5.52 Å². The molecule has 0 unspecified atom stereocenters. The summed E-state index contributed by atoms with van der Waals surface area (Å²) < 4.78 is 17.7. The van der Waals surface area contributed by atoms with Crippen LogP contribution in [-0.4, -0.2) is 55.2 Å². The molecule has 2 fully saturated rings. The summed E-state index contributed by atoms with van der Waals surface area (Å²) in [7, 11) is 1.84. The van der Waals surface area contributed by atoms with Gasteiger partial charge in [0.2, 0.25) is 0 Å². The van der Waals surface area contributed by atoms with Crippen molar-refractivity contribution in [3.8, 4) is 0 Å². The zero-order valence-electron chi connectivity index (χ0n) is 19.3. The van der Waals surface area contributed by atoms with Gasteiger partial charge in [-0.3, -0.25) is 9.48 Å². The molecular formula is C24H27FN8O. The summed E-state index contributed by atoms with van der Waals surface area (Å²) >= 11 is 0. The number of rotatable bonds is 5. The lowest BCUT2D eigenvalue weighted by Gasteiger charge is -2.34. The van der Waals surface area contributed by atoms with Gasteiger partial charge in [0.15, 0.2) is 17.2 Å². The SMILES string of the molecule is Cc1cn2cc(NC(=O)c3ncc(N4CCC(NC5CC5)CC4)c4cn(C)nc34)cc(F)c2n1. The first-order valence-corrected chi connectivity index (χ1v) is 11.7. The minimum Gasteiger partial charge on any atom is -0.370 e. The van der Waals surface area contributed by atoms with Gasteiger partial charge < -0.3 is 19.9 Å². The van der Waals surface area contributed by atoms with Gasteiger partial charge >= 0.3 is 0 Å². The monoisotopic (exact) mass is 462 g/mol. The smallest absolute Gasteiger partial charge is 0.276 e. The van der Waals surface area contributed by atoms with Crippen LogP contribution in [0.4, 0.5) is 15.8 Å². The van der Waals surface area contributed by atoms with Gasteiger partial charge in [-0.1, -0.05) is 0 Å². The Morgan fingerprint density at radius 2 is 1.88 bits per heavy atom. The van der Waals surface area contributed by atoms with Crippen LogP contribution in [0.25, 0.3) is 16.6 Å². The number of fused-ring (bicyclic) bond motifs is 2. The highest BCUT2D eigenvalue weighted by Crippen LogP contribution is 2.31. The maximum absolute atomic E-state index is 14.5. The third-order valence-corrected chi connectivity index (χ3v) is 6.63. The number of pyridine rings is 2. The molecule has 1 amide bonds. The molecule has 176 valence electrons. The van der Waals surface area contributed by atoms with E-state index >= 15 is 0 Å². The molecule has 10 heteroatoms. The van der Waals surface area contributed by atoms with E-state index < -0.39 is 11.7 Å². The Labute approximate surface area is 196 Å². The minimum atomic E-state index is -0.503. The van der Waals surface area contributed by atoms with Gasteiger partial charge in [0.25, 0.3) is 5.91 Å². The molecule has 0 radical (unpaired) electrons. The third kappa shape index (κ3) is 3.87. The van der Waals surface area contributed by atoms with Crippen LogP contribution in [0.1, 0.15) is 41.9 Å². The number of amides is 1. The zero-order chi connectivity index (χ0) is 23.4. The number of piperidine rings is 1. The number of aryl methyl sites for hydroxylation is 2. The normalized spacial score (nSPS) is 17.1. The quantitative estimate of drug-likeness (QED) is 0.474. The fourth-order valence-corrected chi connectivity index (χ4v) is 4.83. The van der Waals surface area contributed by atoms with Gasteiger partial charge in [-0.2, -0.15) is 5.10 Å². The van der Waals surface area contributed by atoms with E-state index in [2.05, 4.69) is 30.6 Å². The third-order valence-electron chi connectivity index (χ3n) is 6.63. The van der Waals surface area contributed by atoms with Crippen LogP contribution in [0.2, 0.25) is 0 Å². The van der Waals surface area contributed by atoms with Crippen molar-refractivity contribution in [3.63, 3.8) is 0 Å². The zero-order valence-corrected chi connectivity index (χ0v) is 19.3. The second-order valence-electron chi connectivity index (χ2n) is 9.40. The summed E-state index contributed by atoms with van der Waals surface area (Å²) in [5.41, 5.74) is 2.99. The van der Waals surface area contributed by atoms with Crippen molar-refractivity contribution in [3.05, 3.63) is 48.1 Å². The van der Waals surface area contributed by atoms with Gasteiger partial charge in [-0.25, -0.2) is 14.4 Å². The lowest BCUT2D eigenvalue weighted by molar-refractivity contribution is 0.102. The summed E-state index contributed by atoms with van der Waals surface area (Å²) in [6.07, 6.45) is 11.8. The molecule has 1 aliphatic carbocycles. The summed E-state index contributed by atoms with van der Waals surface area (Å²) in [5.74, 6) is -0.935. The van der Waals surface area contributed by atoms with Crippen LogP contribution in [0.15, 0.2) is 30.9 Å². The molecule has 0 aromatic carbocycles. The predicted octanol–water partition coefficient (Wildman–Crippen LogP) is 3.04. The van der Waals surface area contributed by atoms with Crippen LogP contribution < -0.4 is 15.5 Å². The highest BCUT2D eigenvalue weighted by molar-refractivity contribution is 6.12. The molecule has 1 saturated heterocycles. The lowest BCUT2D eigenvalue weighted by atomic mass is 10.0. The molecule has 6 rings (SSSR count). The van der Waals surface area contributed by atoms with Crippen LogP contribution in [0.3, 0.4) is 0 Å². The van der Waals surface area contributed by atoms with Crippen molar-refractivity contribution in [2.24, 2.45) is 7.05 Å². The number of hydrogen-bond acceptors (Lipinski definition) is 6. The van der Waals surface area contributed by atoms with E-state index in [1.54, 1.807) is 34.6 Å². The number of anilines is 2. The van der Waals surface area contributed by atoms with Crippen LogP contribution in [0.5, 0.6) is 0 Å². The highest BCUT2D eigenvalue weighted by atomic mass is 19.1. The Hall–Kier alpha value is -3.53. The van der Waals surface area contributed by atoms with E-state index in [9.17, 15) is 9.18 Å². The molecule has 2 aliphatic rings. The number of carbonyl (C=O) groups is 1. The predicted molar refractivity (Wildman–Crippen MR) is 128 cm³/mol. The summed E-state index contributed by atoms with van der Waals surface area (Å²) in [6, 6.07) is 2.56. The van der Waals surface area contributed by atoms with Crippen LogP contribution in [0, 0.1) is 12.7 Å². The maximum atomic E-state index is 14.5. The van der Waals surface area contributed by atoms with Crippen LogP contribution in [-0.2, 0) is 7.05 Å². The average molecular weight is 463 g/mol. The van der Waals surface area contributed by atoms with Gasteiger partial charge in [-0.15, -0.1) is 0 Å². The number of carbonyl (C=O) groups excluding carboxylic acids is 1. The molecule has 0 spiro atoms. The van der Waals surface area contributed by atoms with Crippen molar-refractivity contribution < 1.29 is 9.18 Å². The molecule has 2 N–H and O–H groups in total. The van der Waals surface area contributed by atoms with Crippen molar-refractivity contribution in [1.29, 1.82) is 0 Å². The first-order chi connectivity index (χ1) is 16.4. The fraction of sp³-hybridized carbons (Fsp3) is 0.417. The van der Waals surface area contributed by atoms with Crippen molar-refractivity contribution >= 4 is 33.8 Å².